The summed E-state index contributed by atoms with van der Waals surface area (Å²) in [6.07, 6.45) is -0.639. The number of methoxy groups -OCH3 is 1. The summed E-state index contributed by atoms with van der Waals surface area (Å²) < 4.78 is 16.2. The minimum absolute atomic E-state index is 0.225. The smallest absolute Gasteiger partial charge is 0.414 e. The van der Waals surface area contributed by atoms with Gasteiger partial charge in [0.2, 0.25) is 5.96 Å². The summed E-state index contributed by atoms with van der Waals surface area (Å²) in [7, 11) is 4.47. The quantitative estimate of drug-likeness (QED) is 0.162. The summed E-state index contributed by atoms with van der Waals surface area (Å²) in [4.78, 5) is 47.3. The zero-order valence-corrected chi connectivity index (χ0v) is 26.7. The number of carbonyl (C=O) groups excluding carboxylic acids is 3. The molecule has 0 bridgehead atoms. The van der Waals surface area contributed by atoms with Crippen molar-refractivity contribution in [3.05, 3.63) is 28.3 Å². The van der Waals surface area contributed by atoms with Gasteiger partial charge in [0, 0.05) is 13.6 Å². The van der Waals surface area contributed by atoms with Gasteiger partial charge in [0.15, 0.2) is 0 Å². The van der Waals surface area contributed by atoms with Crippen LogP contribution in [0.2, 0.25) is 0 Å². The van der Waals surface area contributed by atoms with E-state index in [2.05, 4.69) is 20.9 Å². The van der Waals surface area contributed by atoms with E-state index in [4.69, 9.17) is 19.0 Å². The average molecular weight is 580 g/mol. The second-order valence-electron chi connectivity index (χ2n) is 11.7. The highest BCUT2D eigenvalue weighted by Gasteiger charge is 2.27. The minimum atomic E-state index is -0.886. The van der Waals surface area contributed by atoms with Crippen LogP contribution in [0.4, 0.5) is 9.59 Å². The number of nitrogens with one attached hydrogen (secondary N) is 3. The fourth-order valence-electron chi connectivity index (χ4n) is 3.78. The van der Waals surface area contributed by atoms with Crippen molar-refractivity contribution in [1.82, 2.24) is 21.0 Å². The van der Waals surface area contributed by atoms with E-state index in [1.54, 1.807) is 48.7 Å². The van der Waals surface area contributed by atoms with Crippen LogP contribution in [0.5, 0.6) is 5.75 Å². The van der Waals surface area contributed by atoms with E-state index in [1.165, 1.54) is 14.2 Å². The highest BCUT2D eigenvalue weighted by molar-refractivity contribution is 5.94. The first-order chi connectivity index (χ1) is 18.9. The van der Waals surface area contributed by atoms with Crippen molar-refractivity contribution < 1.29 is 33.4 Å². The topological polar surface area (TPSA) is 140 Å². The van der Waals surface area contributed by atoms with Gasteiger partial charge in [0.1, 0.15) is 23.0 Å². The van der Waals surface area contributed by atoms with Crippen molar-refractivity contribution in [2.75, 3.05) is 27.8 Å². The molecule has 0 aliphatic carbocycles. The molecule has 0 spiro atoms. The summed E-state index contributed by atoms with van der Waals surface area (Å²) in [5.74, 6) is 0.602. The van der Waals surface area contributed by atoms with Crippen molar-refractivity contribution in [3.8, 4) is 5.75 Å². The predicted molar refractivity (Wildman–Crippen MR) is 158 cm³/mol. The highest BCUT2D eigenvalue weighted by Crippen LogP contribution is 2.28. The lowest BCUT2D eigenvalue weighted by Crippen LogP contribution is -2.49. The molecule has 1 aromatic carbocycles. The third kappa shape index (κ3) is 12.7. The first-order valence-corrected chi connectivity index (χ1v) is 13.6. The Labute approximate surface area is 244 Å². The maximum atomic E-state index is 12.8. The molecular weight excluding hydrogens is 530 g/mol. The maximum absolute atomic E-state index is 12.8. The number of hydrogen-bond donors (Lipinski definition) is 3. The largest absolute Gasteiger partial charge is 0.496 e. The number of alkyl carbamates (subject to hydrolysis) is 2. The fourth-order valence-corrected chi connectivity index (χ4v) is 3.78. The number of carbonyl (C=O) groups is 3. The Kier molecular flexibility index (Phi) is 13.4. The lowest BCUT2D eigenvalue weighted by Gasteiger charge is -2.25. The third-order valence-electron chi connectivity index (χ3n) is 5.98. The number of hydroxylamine groups is 2. The molecule has 0 fully saturated rings. The number of amides is 3. The molecular formula is C29H49N5O7. The molecule has 1 rings (SSSR count). The van der Waals surface area contributed by atoms with Gasteiger partial charge in [0.25, 0.3) is 5.91 Å². The molecule has 1 aromatic rings. The van der Waals surface area contributed by atoms with Crippen LogP contribution in [-0.4, -0.2) is 74.2 Å². The van der Waals surface area contributed by atoms with E-state index in [0.29, 0.717) is 19.5 Å². The average Bonchev–Trinajstić information content (AvgIpc) is 2.84. The summed E-state index contributed by atoms with van der Waals surface area (Å²) >= 11 is 0. The van der Waals surface area contributed by atoms with Crippen LogP contribution < -0.4 is 20.7 Å². The van der Waals surface area contributed by atoms with Gasteiger partial charge in [-0.15, -0.1) is 0 Å². The number of benzene rings is 1. The summed E-state index contributed by atoms with van der Waals surface area (Å²) in [5, 5.41) is 9.48. The maximum Gasteiger partial charge on any atom is 0.414 e. The van der Waals surface area contributed by atoms with Crippen LogP contribution in [0.25, 0.3) is 0 Å². The lowest BCUT2D eigenvalue weighted by atomic mass is 9.97. The molecule has 0 heterocycles. The van der Waals surface area contributed by atoms with Gasteiger partial charge in [-0.2, -0.15) is 0 Å². The Morgan fingerprint density at radius 3 is 2.07 bits per heavy atom. The molecule has 0 saturated heterocycles. The van der Waals surface area contributed by atoms with Crippen molar-refractivity contribution >= 4 is 24.1 Å². The normalized spacial score (nSPS) is 12.7. The second kappa shape index (κ2) is 15.5. The van der Waals surface area contributed by atoms with Crippen molar-refractivity contribution in [2.45, 2.75) is 98.9 Å². The molecule has 0 aliphatic heterocycles. The standard InChI is InChI=1S/C29H49N5O7/c1-18-16-23(38-11)20(3)19(2)21(18)17-31-25(33-27(37)41-29(7,8)9)30-15-13-14-22(24(35)34(10)39-12)32-26(36)40-28(4,5)6/h16,22H,13-15,17H2,1-12H3,(H,32,36)(H2,30,31,33,37). The molecule has 0 saturated carbocycles. The zero-order chi connectivity index (χ0) is 31.5. The Morgan fingerprint density at radius 2 is 1.54 bits per heavy atom. The molecule has 41 heavy (non-hydrogen) atoms. The van der Waals surface area contributed by atoms with Gasteiger partial charge in [-0.1, -0.05) is 0 Å². The Balaban J connectivity index is 3.06. The Bertz CT molecular complexity index is 1090. The van der Waals surface area contributed by atoms with Crippen molar-refractivity contribution in [2.24, 2.45) is 4.99 Å². The molecule has 1 unspecified atom stereocenters. The summed E-state index contributed by atoms with van der Waals surface area (Å²) in [6, 6.07) is 1.08. The first kappa shape index (κ1) is 35.5. The van der Waals surface area contributed by atoms with E-state index in [0.717, 1.165) is 33.1 Å². The Morgan fingerprint density at radius 1 is 0.951 bits per heavy atom. The van der Waals surface area contributed by atoms with E-state index >= 15 is 0 Å². The SMILES string of the molecule is COc1cc(C)c(CN=C(NCCCC(NC(=O)OC(C)(C)C)C(=O)N(C)OC)NC(=O)OC(C)(C)C)c(C)c1C. The number of likely N-dealkylation sites (N-methyl/N-ethyl adjacent to an activating group) is 1. The van der Waals surface area contributed by atoms with E-state index in [-0.39, 0.29) is 12.4 Å². The van der Waals surface area contributed by atoms with E-state index < -0.39 is 35.3 Å². The van der Waals surface area contributed by atoms with Crippen molar-refractivity contribution in [3.63, 3.8) is 0 Å². The monoisotopic (exact) mass is 579 g/mol. The van der Waals surface area contributed by atoms with Gasteiger partial charge in [0.05, 0.1) is 20.8 Å². The fraction of sp³-hybridized carbons (Fsp3) is 0.655. The zero-order valence-electron chi connectivity index (χ0n) is 26.7. The molecule has 12 nitrogen and oxygen atoms in total. The van der Waals surface area contributed by atoms with Gasteiger partial charge >= 0.3 is 12.2 Å². The molecule has 0 radical (unpaired) electrons. The number of nitrogens with zero attached hydrogens (tertiary/aromatic N) is 2. The molecule has 0 aliphatic rings. The third-order valence-corrected chi connectivity index (χ3v) is 5.98. The number of rotatable bonds is 10. The van der Waals surface area contributed by atoms with E-state index in [9.17, 15) is 14.4 Å². The molecule has 12 heteroatoms. The number of aryl methyl sites for hydroxylation is 1. The van der Waals surface area contributed by atoms with Crippen LogP contribution >= 0.6 is 0 Å². The number of aliphatic imine (C=N–C) groups is 1. The lowest BCUT2D eigenvalue weighted by molar-refractivity contribution is -0.171. The molecule has 3 N–H and O–H groups in total. The molecule has 1 atom stereocenters. The molecule has 3 amide bonds. The van der Waals surface area contributed by atoms with Gasteiger partial charge in [-0.3, -0.25) is 14.9 Å². The summed E-state index contributed by atoms with van der Waals surface area (Å²) in [6.45, 7) is 17.2. The second-order valence-corrected chi connectivity index (χ2v) is 11.7. The van der Waals surface area contributed by atoms with Crippen LogP contribution in [0.3, 0.4) is 0 Å². The van der Waals surface area contributed by atoms with E-state index in [1.807, 2.05) is 26.8 Å². The number of guanidine groups is 1. The van der Waals surface area contributed by atoms with Crippen molar-refractivity contribution in [1.29, 1.82) is 0 Å². The number of ether oxygens (including phenoxy) is 3. The van der Waals surface area contributed by atoms with Crippen LogP contribution in [0.15, 0.2) is 11.1 Å². The summed E-state index contributed by atoms with van der Waals surface area (Å²) in [5.41, 5.74) is 2.70. The van der Waals surface area contributed by atoms with Gasteiger partial charge in [-0.25, -0.2) is 19.6 Å². The first-order valence-electron chi connectivity index (χ1n) is 13.6. The Hall–Kier alpha value is -3.54. The minimum Gasteiger partial charge on any atom is -0.496 e. The van der Waals surface area contributed by atoms with Crippen LogP contribution in [0.1, 0.15) is 76.6 Å². The van der Waals surface area contributed by atoms with Gasteiger partial charge < -0.3 is 24.8 Å². The van der Waals surface area contributed by atoms with Crippen LogP contribution in [-0.2, 0) is 25.7 Å². The van der Waals surface area contributed by atoms with Crippen LogP contribution in [0, 0.1) is 20.8 Å². The predicted octanol–water partition coefficient (Wildman–Crippen LogP) is 4.28. The molecule has 0 aromatic heterocycles. The van der Waals surface area contributed by atoms with Gasteiger partial charge in [-0.05, 0) is 103 Å². The molecule has 232 valence electrons. The highest BCUT2D eigenvalue weighted by atomic mass is 16.7. The number of hydrogen-bond acceptors (Lipinski definition) is 8.